The van der Waals surface area contributed by atoms with Gasteiger partial charge in [-0.1, -0.05) is 38.1 Å². The van der Waals surface area contributed by atoms with Crippen molar-refractivity contribution in [2.24, 2.45) is 5.92 Å². The van der Waals surface area contributed by atoms with E-state index in [1.54, 1.807) is 6.07 Å². The van der Waals surface area contributed by atoms with Gasteiger partial charge in [0.25, 0.3) is 0 Å². The van der Waals surface area contributed by atoms with E-state index in [1.807, 2.05) is 12.1 Å². The molecule has 2 aromatic rings. The Morgan fingerprint density at radius 3 is 2.61 bits per heavy atom. The predicted molar refractivity (Wildman–Crippen MR) is 122 cm³/mol. The molecule has 178 valence electrons. The van der Waals surface area contributed by atoms with Crippen molar-refractivity contribution in [2.45, 2.75) is 56.8 Å². The number of rotatable bonds is 5. The first-order valence-corrected chi connectivity index (χ1v) is 11.4. The molecule has 1 saturated heterocycles. The Bertz CT molecular complexity index is 984. The van der Waals surface area contributed by atoms with Crippen LogP contribution < -0.4 is 10.6 Å². The van der Waals surface area contributed by atoms with E-state index in [2.05, 4.69) is 41.6 Å². The number of aromatic nitrogens is 1. The van der Waals surface area contributed by atoms with E-state index in [0.29, 0.717) is 18.7 Å². The van der Waals surface area contributed by atoms with E-state index in [9.17, 15) is 18.0 Å². The van der Waals surface area contributed by atoms with Crippen LogP contribution in [-0.4, -0.2) is 48.1 Å². The van der Waals surface area contributed by atoms with Crippen molar-refractivity contribution in [1.82, 2.24) is 15.2 Å². The van der Waals surface area contributed by atoms with E-state index in [4.69, 9.17) is 0 Å². The number of alkyl halides is 3. The average Bonchev–Trinajstić information content (AvgIpc) is 3.04. The number of piperidine rings is 1. The number of pyridine rings is 1. The Morgan fingerprint density at radius 2 is 2.00 bits per heavy atom. The normalized spacial score (nSPS) is 23.0. The molecule has 2 N–H and O–H groups in total. The van der Waals surface area contributed by atoms with Crippen LogP contribution in [0, 0.1) is 5.92 Å². The Kier molecular flexibility index (Phi) is 6.40. The quantitative estimate of drug-likeness (QED) is 0.692. The standard InChI is InChI=1S/C25H31F3N4O/c1-24(2)19-9-5-4-7-16(19)13-21(24)31-18-10-11-20(30-15-18)22(25(26,27)28)32(3)23(33)17-8-6-12-29-14-17/h4-5,7,9-11,15,17,21-22,29,31H,6,8,12-14H2,1-3H3/t17?,21?,22-/m0/s1. The molecule has 1 aromatic carbocycles. The van der Waals surface area contributed by atoms with Crippen molar-refractivity contribution in [1.29, 1.82) is 0 Å². The Labute approximate surface area is 192 Å². The summed E-state index contributed by atoms with van der Waals surface area (Å²) in [6.07, 6.45) is -0.975. The molecule has 1 aromatic heterocycles. The van der Waals surface area contributed by atoms with Gasteiger partial charge in [0.15, 0.2) is 6.04 Å². The molecule has 0 spiro atoms. The summed E-state index contributed by atoms with van der Waals surface area (Å²) < 4.78 is 42.0. The summed E-state index contributed by atoms with van der Waals surface area (Å²) in [6, 6.07) is 9.31. The zero-order valence-corrected chi connectivity index (χ0v) is 19.2. The van der Waals surface area contributed by atoms with Crippen molar-refractivity contribution in [3.8, 4) is 0 Å². The number of fused-ring (bicyclic) bond motifs is 1. The summed E-state index contributed by atoms with van der Waals surface area (Å²) in [5.74, 6) is -0.945. The van der Waals surface area contributed by atoms with E-state index < -0.39 is 24.0 Å². The first kappa shape index (κ1) is 23.5. The van der Waals surface area contributed by atoms with Crippen LogP contribution in [0.3, 0.4) is 0 Å². The number of halogens is 3. The van der Waals surface area contributed by atoms with Gasteiger partial charge in [-0.05, 0) is 49.1 Å². The molecule has 0 radical (unpaired) electrons. The minimum absolute atomic E-state index is 0.101. The molecule has 5 nitrogen and oxygen atoms in total. The summed E-state index contributed by atoms with van der Waals surface area (Å²) in [7, 11) is 1.22. The lowest BCUT2D eigenvalue weighted by Crippen LogP contribution is -2.46. The van der Waals surface area contributed by atoms with Crippen molar-refractivity contribution < 1.29 is 18.0 Å². The van der Waals surface area contributed by atoms with Gasteiger partial charge in [0.05, 0.1) is 23.5 Å². The minimum Gasteiger partial charge on any atom is -0.380 e. The van der Waals surface area contributed by atoms with Crippen molar-refractivity contribution in [3.05, 3.63) is 59.4 Å². The molecule has 2 heterocycles. The molecular formula is C25H31F3N4O. The van der Waals surface area contributed by atoms with Crippen LogP contribution in [-0.2, 0) is 16.6 Å². The molecule has 1 fully saturated rings. The molecule has 3 atom stereocenters. The summed E-state index contributed by atoms with van der Waals surface area (Å²) in [6.45, 7) is 5.52. The topological polar surface area (TPSA) is 57.3 Å². The van der Waals surface area contributed by atoms with Gasteiger partial charge in [-0.3, -0.25) is 9.78 Å². The van der Waals surface area contributed by atoms with Crippen LogP contribution in [0.5, 0.6) is 0 Å². The second kappa shape index (κ2) is 8.97. The lowest BCUT2D eigenvalue weighted by Gasteiger charge is -2.33. The fraction of sp³-hybridized carbons (Fsp3) is 0.520. The Morgan fingerprint density at radius 1 is 1.24 bits per heavy atom. The van der Waals surface area contributed by atoms with Crippen LogP contribution >= 0.6 is 0 Å². The fourth-order valence-corrected chi connectivity index (χ4v) is 5.14. The van der Waals surface area contributed by atoms with Crippen LogP contribution in [0.25, 0.3) is 0 Å². The third kappa shape index (κ3) is 4.71. The maximum atomic E-state index is 14.0. The molecule has 2 unspecified atom stereocenters. The second-order valence-electron chi connectivity index (χ2n) is 9.69. The predicted octanol–water partition coefficient (Wildman–Crippen LogP) is 4.46. The summed E-state index contributed by atoms with van der Waals surface area (Å²) in [4.78, 5) is 17.7. The molecule has 0 saturated carbocycles. The molecule has 1 amide bonds. The number of hydrogen-bond acceptors (Lipinski definition) is 4. The number of carbonyl (C=O) groups is 1. The van der Waals surface area contributed by atoms with Gasteiger partial charge < -0.3 is 15.5 Å². The number of amides is 1. The number of nitrogens with zero attached hydrogens (tertiary/aromatic N) is 2. The number of carbonyl (C=O) groups excluding carboxylic acids is 1. The highest BCUT2D eigenvalue weighted by molar-refractivity contribution is 5.79. The number of nitrogens with one attached hydrogen (secondary N) is 2. The molecule has 1 aliphatic heterocycles. The van der Waals surface area contributed by atoms with Gasteiger partial charge in [0, 0.05) is 25.0 Å². The highest BCUT2D eigenvalue weighted by Gasteiger charge is 2.47. The number of hydrogen-bond donors (Lipinski definition) is 2. The van der Waals surface area contributed by atoms with Gasteiger partial charge >= 0.3 is 6.18 Å². The fourth-order valence-electron chi connectivity index (χ4n) is 5.14. The monoisotopic (exact) mass is 460 g/mol. The first-order chi connectivity index (χ1) is 15.6. The van der Waals surface area contributed by atoms with Crippen LogP contribution in [0.15, 0.2) is 42.6 Å². The number of anilines is 1. The Hall–Kier alpha value is -2.61. The molecule has 8 heteroatoms. The first-order valence-electron chi connectivity index (χ1n) is 11.4. The van der Waals surface area contributed by atoms with E-state index >= 15 is 0 Å². The van der Waals surface area contributed by atoms with E-state index in [-0.39, 0.29) is 17.2 Å². The van der Waals surface area contributed by atoms with Crippen LogP contribution in [0.4, 0.5) is 18.9 Å². The molecular weight excluding hydrogens is 429 g/mol. The van der Waals surface area contributed by atoms with E-state index in [0.717, 1.165) is 24.3 Å². The van der Waals surface area contributed by atoms with Crippen molar-refractivity contribution >= 4 is 11.6 Å². The third-order valence-electron chi connectivity index (χ3n) is 7.11. The van der Waals surface area contributed by atoms with Gasteiger partial charge in [-0.25, -0.2) is 0 Å². The molecule has 0 bridgehead atoms. The maximum Gasteiger partial charge on any atom is 0.414 e. The summed E-state index contributed by atoms with van der Waals surface area (Å²) in [5.41, 5.74) is 2.92. The van der Waals surface area contributed by atoms with Crippen molar-refractivity contribution in [3.63, 3.8) is 0 Å². The number of benzene rings is 1. The van der Waals surface area contributed by atoms with Crippen LogP contribution in [0.2, 0.25) is 0 Å². The largest absolute Gasteiger partial charge is 0.414 e. The average molecular weight is 461 g/mol. The lowest BCUT2D eigenvalue weighted by molar-refractivity contribution is -0.191. The van der Waals surface area contributed by atoms with Gasteiger partial charge in [0.2, 0.25) is 5.91 Å². The molecule has 4 rings (SSSR count). The Balaban J connectivity index is 1.51. The van der Waals surface area contributed by atoms with Gasteiger partial charge in [0.1, 0.15) is 0 Å². The lowest BCUT2D eigenvalue weighted by atomic mass is 9.83. The van der Waals surface area contributed by atoms with E-state index in [1.165, 1.54) is 30.4 Å². The zero-order valence-electron chi connectivity index (χ0n) is 19.2. The van der Waals surface area contributed by atoms with Crippen molar-refractivity contribution in [2.75, 3.05) is 25.5 Å². The maximum absolute atomic E-state index is 14.0. The van der Waals surface area contributed by atoms with Gasteiger partial charge in [-0.15, -0.1) is 0 Å². The summed E-state index contributed by atoms with van der Waals surface area (Å²) >= 11 is 0. The highest BCUT2D eigenvalue weighted by Crippen LogP contribution is 2.41. The van der Waals surface area contributed by atoms with Gasteiger partial charge in [-0.2, -0.15) is 13.2 Å². The SMILES string of the molecule is CN(C(=O)C1CCCNC1)[C@@H](c1ccc(NC2Cc3ccccc3C2(C)C)cn1)C(F)(F)F. The highest BCUT2D eigenvalue weighted by atomic mass is 19.4. The third-order valence-corrected chi connectivity index (χ3v) is 7.11. The molecule has 33 heavy (non-hydrogen) atoms. The molecule has 2 aliphatic rings. The smallest absolute Gasteiger partial charge is 0.380 e. The zero-order chi connectivity index (χ0) is 23.8. The van der Waals surface area contributed by atoms with Crippen LogP contribution in [0.1, 0.15) is 49.6 Å². The molecule has 1 aliphatic carbocycles. The minimum atomic E-state index is -4.62. The summed E-state index contributed by atoms with van der Waals surface area (Å²) in [5, 5.41) is 6.54. The second-order valence-corrected chi connectivity index (χ2v) is 9.69.